The number of hydrogen-bond acceptors (Lipinski definition) is 2. The standard InChI is InChI=1S/C48H41NO/c1-2-11-32-48(33-12-3-1,37-16-5-4-6-17-37)38-24-28-40(29-25-38)49(41-30-31-47-45(34-41)44-19-9-10-21-46(44)50-47)39-26-22-36(23-27-39)43-20-13-15-35-14-7-8-18-42(35)43/h4-10,13-31,34H,1-3,11-12,32-33H2. The molecule has 0 spiro atoms. The Kier molecular flexibility index (Phi) is 7.93. The minimum absolute atomic E-state index is 0.0414. The van der Waals surface area contributed by atoms with E-state index in [2.05, 4.69) is 163 Å². The van der Waals surface area contributed by atoms with Crippen LogP contribution in [0, 0.1) is 0 Å². The summed E-state index contributed by atoms with van der Waals surface area (Å²) in [5, 5.41) is 4.80. The molecule has 0 N–H and O–H groups in total. The number of nitrogens with zero attached hydrogens (tertiary/aromatic N) is 1. The Labute approximate surface area is 294 Å². The second-order valence-electron chi connectivity index (χ2n) is 14.0. The number of fused-ring (bicyclic) bond motifs is 4. The van der Waals surface area contributed by atoms with Gasteiger partial charge in [0.05, 0.1) is 0 Å². The molecule has 1 aliphatic carbocycles. The van der Waals surface area contributed by atoms with E-state index in [0.717, 1.165) is 39.0 Å². The molecule has 2 heteroatoms. The minimum Gasteiger partial charge on any atom is -0.456 e. The Balaban J connectivity index is 1.16. The molecule has 1 fully saturated rings. The zero-order chi connectivity index (χ0) is 33.3. The molecule has 0 amide bonds. The van der Waals surface area contributed by atoms with Crippen molar-refractivity contribution in [1.82, 2.24) is 0 Å². The van der Waals surface area contributed by atoms with Crippen molar-refractivity contribution < 1.29 is 4.42 Å². The molecule has 1 heterocycles. The summed E-state index contributed by atoms with van der Waals surface area (Å²) < 4.78 is 6.24. The molecule has 7 aromatic carbocycles. The average Bonchev–Trinajstić information content (AvgIpc) is 3.54. The molecule has 0 radical (unpaired) electrons. The number of furan rings is 1. The van der Waals surface area contributed by atoms with Crippen molar-refractivity contribution in [2.24, 2.45) is 0 Å². The Hall–Kier alpha value is -5.60. The van der Waals surface area contributed by atoms with Crippen molar-refractivity contribution in [3.05, 3.63) is 175 Å². The second kappa shape index (κ2) is 13.0. The zero-order valence-electron chi connectivity index (χ0n) is 28.4. The van der Waals surface area contributed by atoms with Crippen molar-refractivity contribution in [2.75, 3.05) is 4.90 Å². The molecule has 0 unspecified atom stereocenters. The summed E-state index contributed by atoms with van der Waals surface area (Å²) in [6.07, 6.45) is 8.92. The molecule has 50 heavy (non-hydrogen) atoms. The van der Waals surface area contributed by atoms with E-state index >= 15 is 0 Å². The van der Waals surface area contributed by atoms with E-state index in [1.165, 1.54) is 78.0 Å². The van der Waals surface area contributed by atoms with Gasteiger partial charge in [0.15, 0.2) is 0 Å². The molecule has 244 valence electrons. The zero-order valence-corrected chi connectivity index (χ0v) is 28.4. The molecule has 0 bridgehead atoms. The Morgan fingerprint density at radius 2 is 1.00 bits per heavy atom. The summed E-state index contributed by atoms with van der Waals surface area (Å²) in [5.74, 6) is 0. The molecule has 1 aromatic heterocycles. The van der Waals surface area contributed by atoms with Gasteiger partial charge in [0, 0.05) is 33.2 Å². The predicted molar refractivity (Wildman–Crippen MR) is 211 cm³/mol. The van der Waals surface area contributed by atoms with Gasteiger partial charge in [-0.25, -0.2) is 0 Å². The van der Waals surface area contributed by atoms with Gasteiger partial charge in [0.2, 0.25) is 0 Å². The van der Waals surface area contributed by atoms with Gasteiger partial charge in [-0.1, -0.05) is 147 Å². The van der Waals surface area contributed by atoms with Crippen LogP contribution in [0.2, 0.25) is 0 Å². The largest absolute Gasteiger partial charge is 0.456 e. The van der Waals surface area contributed by atoms with Crippen molar-refractivity contribution in [3.63, 3.8) is 0 Å². The first-order valence-electron chi connectivity index (χ1n) is 18.2. The summed E-state index contributed by atoms with van der Waals surface area (Å²) in [5.41, 5.74) is 10.6. The second-order valence-corrected chi connectivity index (χ2v) is 14.0. The van der Waals surface area contributed by atoms with Crippen molar-refractivity contribution >= 4 is 49.8 Å². The van der Waals surface area contributed by atoms with Crippen molar-refractivity contribution in [1.29, 1.82) is 0 Å². The van der Waals surface area contributed by atoms with Gasteiger partial charge in [0.1, 0.15) is 11.2 Å². The van der Waals surface area contributed by atoms with Crippen LogP contribution < -0.4 is 4.90 Å². The first-order chi connectivity index (χ1) is 24.8. The third-order valence-electron chi connectivity index (χ3n) is 11.1. The lowest BCUT2D eigenvalue weighted by Crippen LogP contribution is -2.29. The van der Waals surface area contributed by atoms with Crippen LogP contribution in [0.15, 0.2) is 168 Å². The molecule has 1 aliphatic rings. The third-order valence-corrected chi connectivity index (χ3v) is 11.1. The van der Waals surface area contributed by atoms with Gasteiger partial charge in [-0.05, 0) is 94.4 Å². The topological polar surface area (TPSA) is 16.4 Å². The van der Waals surface area contributed by atoms with Crippen LogP contribution in [0.25, 0.3) is 43.8 Å². The van der Waals surface area contributed by atoms with Gasteiger partial charge < -0.3 is 9.32 Å². The van der Waals surface area contributed by atoms with E-state index < -0.39 is 0 Å². The molecular formula is C48H41NO. The number of para-hydroxylation sites is 1. The Morgan fingerprint density at radius 3 is 1.78 bits per heavy atom. The van der Waals surface area contributed by atoms with Gasteiger partial charge >= 0.3 is 0 Å². The Morgan fingerprint density at radius 1 is 0.420 bits per heavy atom. The van der Waals surface area contributed by atoms with Gasteiger partial charge in [-0.3, -0.25) is 0 Å². The normalized spacial score (nSPS) is 14.8. The van der Waals surface area contributed by atoms with E-state index in [1.54, 1.807) is 0 Å². The number of rotatable bonds is 6. The van der Waals surface area contributed by atoms with Crippen LogP contribution in [0.4, 0.5) is 17.1 Å². The summed E-state index contributed by atoms with van der Waals surface area (Å²) in [4.78, 5) is 2.39. The smallest absolute Gasteiger partial charge is 0.135 e. The average molecular weight is 648 g/mol. The van der Waals surface area contributed by atoms with Crippen molar-refractivity contribution in [2.45, 2.75) is 50.4 Å². The Bertz CT molecular complexity index is 2390. The van der Waals surface area contributed by atoms with E-state index in [4.69, 9.17) is 4.42 Å². The number of hydrogen-bond donors (Lipinski definition) is 0. The van der Waals surface area contributed by atoms with E-state index in [9.17, 15) is 0 Å². The van der Waals surface area contributed by atoms with Crippen LogP contribution in [0.3, 0.4) is 0 Å². The fourth-order valence-electron chi connectivity index (χ4n) is 8.51. The van der Waals surface area contributed by atoms with Crippen molar-refractivity contribution in [3.8, 4) is 11.1 Å². The highest BCUT2D eigenvalue weighted by Gasteiger charge is 2.34. The highest BCUT2D eigenvalue weighted by molar-refractivity contribution is 6.06. The monoisotopic (exact) mass is 647 g/mol. The van der Waals surface area contributed by atoms with E-state index in [1.807, 2.05) is 6.07 Å². The first kappa shape index (κ1) is 30.5. The summed E-state index contributed by atoms with van der Waals surface area (Å²) in [7, 11) is 0. The number of anilines is 3. The van der Waals surface area contributed by atoms with E-state index in [0.29, 0.717) is 0 Å². The van der Waals surface area contributed by atoms with Gasteiger partial charge in [-0.2, -0.15) is 0 Å². The van der Waals surface area contributed by atoms with Crippen LogP contribution in [0.5, 0.6) is 0 Å². The minimum atomic E-state index is 0.0414. The molecule has 0 aliphatic heterocycles. The molecule has 2 nitrogen and oxygen atoms in total. The number of benzene rings is 7. The maximum atomic E-state index is 6.24. The fourth-order valence-corrected chi connectivity index (χ4v) is 8.51. The summed E-state index contributed by atoms with van der Waals surface area (Å²) in [6, 6.07) is 60.0. The molecule has 0 saturated heterocycles. The summed E-state index contributed by atoms with van der Waals surface area (Å²) >= 11 is 0. The van der Waals surface area contributed by atoms with Crippen LogP contribution in [-0.2, 0) is 5.41 Å². The molecule has 8 aromatic rings. The van der Waals surface area contributed by atoms with Gasteiger partial charge in [0.25, 0.3) is 0 Å². The molecular weight excluding hydrogens is 607 g/mol. The lowest BCUT2D eigenvalue weighted by atomic mass is 9.67. The summed E-state index contributed by atoms with van der Waals surface area (Å²) in [6.45, 7) is 0. The fraction of sp³-hybridized carbons (Fsp3) is 0.167. The molecule has 1 saturated carbocycles. The van der Waals surface area contributed by atoms with E-state index in [-0.39, 0.29) is 5.41 Å². The van der Waals surface area contributed by atoms with Crippen LogP contribution >= 0.6 is 0 Å². The maximum Gasteiger partial charge on any atom is 0.135 e. The van der Waals surface area contributed by atoms with Gasteiger partial charge in [-0.15, -0.1) is 0 Å². The molecule has 0 atom stereocenters. The highest BCUT2D eigenvalue weighted by atomic mass is 16.3. The SMILES string of the molecule is c1ccc(C2(c3ccc(N(c4ccc(-c5cccc6ccccc56)cc4)c4ccc5oc6ccccc6c5c4)cc3)CCCCCCC2)cc1. The van der Waals surface area contributed by atoms with Crippen LogP contribution in [0.1, 0.15) is 56.1 Å². The van der Waals surface area contributed by atoms with Crippen LogP contribution in [-0.4, -0.2) is 0 Å². The predicted octanol–water partition coefficient (Wildman–Crippen LogP) is 13.9. The molecule has 9 rings (SSSR count). The quantitative estimate of drug-likeness (QED) is 0.179. The lowest BCUT2D eigenvalue weighted by Gasteiger charge is -2.37. The third kappa shape index (κ3) is 5.46. The maximum absolute atomic E-state index is 6.24. The highest BCUT2D eigenvalue weighted by Crippen LogP contribution is 2.45. The first-order valence-corrected chi connectivity index (χ1v) is 18.2. The lowest BCUT2D eigenvalue weighted by molar-refractivity contribution is 0.366.